The molecule has 0 spiro atoms. The second-order valence-electron chi connectivity index (χ2n) is 12.6. The Hall–Kier alpha value is -3.29. The van der Waals surface area contributed by atoms with E-state index in [1.165, 1.54) is 0 Å². The Morgan fingerprint density at radius 1 is 1.13 bits per heavy atom. The normalized spacial score (nSPS) is 14.0. The fourth-order valence-electron chi connectivity index (χ4n) is 5.72. The number of phenolic OH excluding ortho intramolecular Hbond substituents is 1. The van der Waals surface area contributed by atoms with E-state index in [-0.39, 0.29) is 11.2 Å². The highest BCUT2D eigenvalue weighted by molar-refractivity contribution is 5.97. The summed E-state index contributed by atoms with van der Waals surface area (Å²) < 4.78 is 2.24. The molecule has 0 radical (unpaired) electrons. The fraction of sp³-hybridized carbons (Fsp3) is 0.567. The van der Waals surface area contributed by atoms with Gasteiger partial charge in [-0.2, -0.15) is 0 Å². The molecule has 206 valence electrons. The van der Waals surface area contributed by atoms with Crippen LogP contribution < -0.4 is 16.8 Å². The number of unbranched alkanes of at least 4 members (excludes halogenated alkanes) is 1. The number of nitrogens with zero attached hydrogens (tertiary/aromatic N) is 3. The first-order valence-corrected chi connectivity index (χ1v) is 13.9. The van der Waals surface area contributed by atoms with Crippen LogP contribution in [0.15, 0.2) is 6.07 Å². The third-order valence-corrected chi connectivity index (χ3v) is 7.53. The highest BCUT2D eigenvalue weighted by Crippen LogP contribution is 2.43. The number of nitrogen functional groups attached to an aromatic ring is 1. The first kappa shape index (κ1) is 27.7. The number of aryl methyl sites for hydroxylation is 3. The van der Waals surface area contributed by atoms with Gasteiger partial charge < -0.3 is 26.5 Å². The maximum absolute atomic E-state index is 12.8. The number of fused-ring (bicyclic) bond motifs is 3. The lowest BCUT2D eigenvalue weighted by Gasteiger charge is -2.31. The molecule has 0 saturated carbocycles. The molecule has 3 heterocycles. The van der Waals surface area contributed by atoms with Gasteiger partial charge in [0.15, 0.2) is 5.82 Å². The van der Waals surface area contributed by atoms with Crippen molar-refractivity contribution in [1.29, 1.82) is 0 Å². The Bertz CT molecular complexity index is 1370. The molecule has 1 aromatic carbocycles. The third kappa shape index (κ3) is 5.05. The minimum absolute atomic E-state index is 0.249. The summed E-state index contributed by atoms with van der Waals surface area (Å²) in [4.78, 5) is 22.4. The van der Waals surface area contributed by atoms with Crippen molar-refractivity contribution in [1.82, 2.24) is 14.5 Å². The van der Waals surface area contributed by atoms with Crippen LogP contribution in [-0.4, -0.2) is 32.1 Å². The fourth-order valence-corrected chi connectivity index (χ4v) is 5.72. The van der Waals surface area contributed by atoms with Crippen molar-refractivity contribution < 1.29 is 9.90 Å². The zero-order valence-corrected chi connectivity index (χ0v) is 24.1. The van der Waals surface area contributed by atoms with Crippen LogP contribution in [0.4, 0.5) is 11.5 Å². The molecule has 8 heteroatoms. The van der Waals surface area contributed by atoms with E-state index in [4.69, 9.17) is 16.5 Å². The number of nitrogens with one attached hydrogen (secondary N) is 1. The van der Waals surface area contributed by atoms with Gasteiger partial charge in [0.25, 0.3) is 0 Å². The molecular weight excluding hydrogens is 476 g/mol. The molecular formula is C30H44N6O2. The molecule has 0 aliphatic carbocycles. The Morgan fingerprint density at radius 2 is 1.84 bits per heavy atom. The van der Waals surface area contributed by atoms with Crippen LogP contribution in [-0.2, 0) is 36.6 Å². The van der Waals surface area contributed by atoms with E-state index in [0.29, 0.717) is 24.3 Å². The second-order valence-corrected chi connectivity index (χ2v) is 12.6. The quantitative estimate of drug-likeness (QED) is 0.332. The van der Waals surface area contributed by atoms with Crippen molar-refractivity contribution in [3.8, 4) is 5.75 Å². The first-order chi connectivity index (χ1) is 17.8. The van der Waals surface area contributed by atoms with E-state index in [0.717, 1.165) is 83.6 Å². The van der Waals surface area contributed by atoms with Crippen molar-refractivity contribution in [3.05, 3.63) is 39.8 Å². The van der Waals surface area contributed by atoms with Crippen molar-refractivity contribution in [2.75, 3.05) is 17.6 Å². The van der Waals surface area contributed by atoms with Crippen molar-refractivity contribution >= 4 is 28.4 Å². The van der Waals surface area contributed by atoms with Crippen LogP contribution in [0.1, 0.15) is 106 Å². The molecule has 0 fully saturated rings. The van der Waals surface area contributed by atoms with Crippen LogP contribution in [0, 0.1) is 0 Å². The van der Waals surface area contributed by atoms with Crippen LogP contribution in [0.2, 0.25) is 0 Å². The number of hydrogen-bond donors (Lipinski definition) is 4. The van der Waals surface area contributed by atoms with Gasteiger partial charge >= 0.3 is 0 Å². The average molecular weight is 521 g/mol. The number of amides is 1. The van der Waals surface area contributed by atoms with Crippen molar-refractivity contribution in [2.24, 2.45) is 5.73 Å². The van der Waals surface area contributed by atoms with E-state index < -0.39 is 11.3 Å². The SMILES string of the molecule is CCCCc1nc2c(N)nc3c(c2n1CCc1c(C(N)=O)cc(C(C)(C)C)c(O)c1C(C)(C)C)NCCC3. The average Bonchev–Trinajstić information content (AvgIpc) is 3.18. The van der Waals surface area contributed by atoms with E-state index in [1.54, 1.807) is 6.07 Å². The standard InChI is InChI=1S/C30H44N6O2/c1-8-9-12-21-35-24-25(23-20(34-27(24)31)11-10-14-33-23)36(21)15-13-17-18(28(32)38)16-19(29(2,3)4)26(37)22(17)30(5,6)7/h16,33,37H,8-15H2,1-7H3,(H2,31,34)(H2,32,38). The topological polar surface area (TPSA) is 132 Å². The van der Waals surface area contributed by atoms with Gasteiger partial charge in [0.05, 0.1) is 16.9 Å². The van der Waals surface area contributed by atoms with Crippen LogP contribution >= 0.6 is 0 Å². The number of primary amides is 1. The number of imidazole rings is 1. The van der Waals surface area contributed by atoms with Crippen LogP contribution in [0.3, 0.4) is 0 Å². The van der Waals surface area contributed by atoms with Gasteiger partial charge in [0, 0.05) is 36.2 Å². The largest absolute Gasteiger partial charge is 0.507 e. The summed E-state index contributed by atoms with van der Waals surface area (Å²) in [5.41, 5.74) is 18.1. The smallest absolute Gasteiger partial charge is 0.249 e. The van der Waals surface area contributed by atoms with E-state index in [1.807, 2.05) is 20.8 Å². The molecule has 1 aliphatic rings. The van der Waals surface area contributed by atoms with Gasteiger partial charge in [0.2, 0.25) is 5.91 Å². The Labute approximate surface area is 226 Å². The van der Waals surface area contributed by atoms with Crippen molar-refractivity contribution in [2.45, 2.75) is 104 Å². The molecule has 4 rings (SSSR count). The van der Waals surface area contributed by atoms with Gasteiger partial charge in [-0.05, 0) is 48.1 Å². The number of benzene rings is 1. The number of phenols is 1. The van der Waals surface area contributed by atoms with E-state index >= 15 is 0 Å². The predicted molar refractivity (Wildman–Crippen MR) is 155 cm³/mol. The van der Waals surface area contributed by atoms with Crippen LogP contribution in [0.25, 0.3) is 11.0 Å². The summed E-state index contributed by atoms with van der Waals surface area (Å²) >= 11 is 0. The number of anilines is 2. The number of nitrogens with two attached hydrogens (primary N) is 2. The molecule has 6 N–H and O–H groups in total. The summed E-state index contributed by atoms with van der Waals surface area (Å²) in [6.07, 6.45) is 5.29. The molecule has 38 heavy (non-hydrogen) atoms. The molecule has 1 amide bonds. The molecule has 0 bridgehead atoms. The molecule has 0 atom stereocenters. The Kier molecular flexibility index (Phi) is 7.38. The number of aromatic hydroxyl groups is 1. The maximum atomic E-state index is 12.8. The zero-order chi connectivity index (χ0) is 28.0. The van der Waals surface area contributed by atoms with E-state index in [2.05, 4.69) is 42.6 Å². The Balaban J connectivity index is 1.92. The van der Waals surface area contributed by atoms with Gasteiger partial charge in [-0.25, -0.2) is 9.97 Å². The number of hydrogen-bond acceptors (Lipinski definition) is 6. The summed E-state index contributed by atoms with van der Waals surface area (Å²) in [5.74, 6) is 1.19. The monoisotopic (exact) mass is 520 g/mol. The number of aromatic nitrogens is 3. The summed E-state index contributed by atoms with van der Waals surface area (Å²) in [5, 5.41) is 15.1. The van der Waals surface area contributed by atoms with E-state index in [9.17, 15) is 9.90 Å². The van der Waals surface area contributed by atoms with Crippen LogP contribution in [0.5, 0.6) is 5.75 Å². The zero-order valence-electron chi connectivity index (χ0n) is 24.1. The summed E-state index contributed by atoms with van der Waals surface area (Å²) in [6.45, 7) is 15.9. The highest BCUT2D eigenvalue weighted by Gasteiger charge is 2.32. The van der Waals surface area contributed by atoms with Gasteiger partial charge in [0.1, 0.15) is 17.1 Å². The minimum Gasteiger partial charge on any atom is -0.507 e. The number of rotatable bonds is 7. The van der Waals surface area contributed by atoms with Gasteiger partial charge in [-0.15, -0.1) is 0 Å². The first-order valence-electron chi connectivity index (χ1n) is 13.9. The molecule has 3 aromatic rings. The lowest BCUT2D eigenvalue weighted by atomic mass is 9.75. The summed E-state index contributed by atoms with van der Waals surface area (Å²) in [7, 11) is 0. The highest BCUT2D eigenvalue weighted by atomic mass is 16.3. The van der Waals surface area contributed by atoms with Gasteiger partial charge in [-0.3, -0.25) is 4.79 Å². The molecule has 8 nitrogen and oxygen atoms in total. The molecule has 0 unspecified atom stereocenters. The maximum Gasteiger partial charge on any atom is 0.249 e. The summed E-state index contributed by atoms with van der Waals surface area (Å²) in [6, 6.07) is 1.79. The Morgan fingerprint density at radius 3 is 2.45 bits per heavy atom. The number of pyridine rings is 1. The minimum atomic E-state index is -0.481. The lowest BCUT2D eigenvalue weighted by Crippen LogP contribution is -2.25. The predicted octanol–water partition coefficient (Wildman–Crippen LogP) is 5.36. The lowest BCUT2D eigenvalue weighted by molar-refractivity contribution is 0.0999. The molecule has 2 aromatic heterocycles. The third-order valence-electron chi connectivity index (χ3n) is 7.53. The molecule has 0 saturated heterocycles. The van der Waals surface area contributed by atoms with Crippen molar-refractivity contribution in [3.63, 3.8) is 0 Å². The second kappa shape index (κ2) is 10.1. The molecule has 1 aliphatic heterocycles. The van der Waals surface area contributed by atoms with Gasteiger partial charge in [-0.1, -0.05) is 54.9 Å². The number of carbonyl (C=O) groups is 1. The number of carbonyl (C=O) groups excluding carboxylic acids is 1.